The monoisotopic (exact) mass is 462 g/mol. The largest absolute Gasteiger partial charge is 0.357 e. The summed E-state index contributed by atoms with van der Waals surface area (Å²) in [6, 6.07) is 0. The summed E-state index contributed by atoms with van der Waals surface area (Å²) in [6.45, 7) is 7.69. The van der Waals surface area contributed by atoms with Crippen LogP contribution in [0.5, 0.6) is 0 Å². The maximum absolute atomic E-state index is 12.5. The lowest BCUT2D eigenvalue weighted by atomic mass is 10.2. The molecule has 0 spiro atoms. The predicted octanol–water partition coefficient (Wildman–Crippen LogP) is 2.23. The molecule has 8 heteroatoms. The third kappa shape index (κ3) is 6.48. The van der Waals surface area contributed by atoms with Crippen LogP contribution in [0.25, 0.3) is 0 Å². The first-order valence-corrected chi connectivity index (χ1v) is 8.98. The molecule has 1 aliphatic rings. The molecule has 0 unspecified atom stereocenters. The molecule has 142 valence electrons. The molecule has 2 rings (SSSR count). The van der Waals surface area contributed by atoms with Crippen molar-refractivity contribution in [3.63, 3.8) is 0 Å². The third-order valence-electron chi connectivity index (χ3n) is 4.13. The Kier molecular flexibility index (Phi) is 9.84. The van der Waals surface area contributed by atoms with E-state index in [-0.39, 0.29) is 29.9 Å². The van der Waals surface area contributed by atoms with Gasteiger partial charge in [-0.05, 0) is 13.3 Å². The van der Waals surface area contributed by atoms with Gasteiger partial charge in [-0.25, -0.2) is 0 Å². The lowest BCUT2D eigenvalue weighted by Crippen LogP contribution is -2.55. The van der Waals surface area contributed by atoms with Gasteiger partial charge in [-0.3, -0.25) is 14.5 Å². The zero-order valence-electron chi connectivity index (χ0n) is 15.6. The Morgan fingerprint density at radius 1 is 1.28 bits per heavy atom. The van der Waals surface area contributed by atoms with E-state index in [1.807, 2.05) is 13.2 Å². The summed E-state index contributed by atoms with van der Waals surface area (Å²) < 4.78 is 1.72. The number of amides is 1. The molecule has 1 aromatic heterocycles. The van der Waals surface area contributed by atoms with Gasteiger partial charge in [-0.1, -0.05) is 26.2 Å². The van der Waals surface area contributed by atoms with E-state index in [0.29, 0.717) is 13.1 Å². The average molecular weight is 462 g/mol. The Labute approximate surface area is 167 Å². The normalized spacial score (nSPS) is 15.3. The lowest BCUT2D eigenvalue weighted by Gasteiger charge is -2.35. The highest BCUT2D eigenvalue weighted by Gasteiger charge is 2.27. The average Bonchev–Trinajstić information content (AvgIpc) is 2.99. The second kappa shape index (κ2) is 11.3. The number of aliphatic imine (C=N–C) groups is 1. The summed E-state index contributed by atoms with van der Waals surface area (Å²) in [5.74, 6) is 0.944. The van der Waals surface area contributed by atoms with Gasteiger partial charge in [-0.2, -0.15) is 5.10 Å². The number of hydrogen-bond donors (Lipinski definition) is 1. The minimum absolute atomic E-state index is 0. The van der Waals surface area contributed by atoms with Gasteiger partial charge in [0.2, 0.25) is 5.91 Å². The number of hydrogen-bond acceptors (Lipinski definition) is 3. The number of anilines is 1. The molecule has 7 nitrogen and oxygen atoms in total. The Balaban J connectivity index is 0.00000312. The smallest absolute Gasteiger partial charge is 0.246 e. The van der Waals surface area contributed by atoms with E-state index in [2.05, 4.69) is 34.2 Å². The maximum Gasteiger partial charge on any atom is 0.246 e. The Bertz CT molecular complexity index is 559. The molecule has 0 saturated carbocycles. The Morgan fingerprint density at radius 2 is 2.08 bits per heavy atom. The van der Waals surface area contributed by atoms with E-state index < -0.39 is 0 Å². The van der Waals surface area contributed by atoms with Crippen molar-refractivity contribution in [1.29, 1.82) is 0 Å². The number of guanidine groups is 1. The topological polar surface area (TPSA) is 65.8 Å². The van der Waals surface area contributed by atoms with Crippen molar-refractivity contribution in [2.75, 3.05) is 37.6 Å². The highest BCUT2D eigenvalue weighted by molar-refractivity contribution is 14.0. The first-order chi connectivity index (χ1) is 11.7. The second-order valence-corrected chi connectivity index (χ2v) is 6.14. The quantitative estimate of drug-likeness (QED) is 0.292. The van der Waals surface area contributed by atoms with E-state index in [0.717, 1.165) is 37.7 Å². The fraction of sp³-hybridized carbons (Fsp3) is 0.706. The van der Waals surface area contributed by atoms with E-state index in [9.17, 15) is 4.79 Å². The molecule has 1 aliphatic heterocycles. The van der Waals surface area contributed by atoms with Crippen molar-refractivity contribution >= 4 is 41.5 Å². The van der Waals surface area contributed by atoms with Crippen LogP contribution in [0.3, 0.4) is 0 Å². The van der Waals surface area contributed by atoms with Crippen LogP contribution in [0.1, 0.15) is 39.5 Å². The number of piperazine rings is 1. The minimum Gasteiger partial charge on any atom is -0.357 e. The first-order valence-electron chi connectivity index (χ1n) is 8.98. The van der Waals surface area contributed by atoms with Crippen LogP contribution in [0.2, 0.25) is 0 Å². The molecule has 1 aromatic rings. The zero-order valence-corrected chi connectivity index (χ0v) is 17.9. The van der Waals surface area contributed by atoms with Gasteiger partial charge < -0.3 is 15.1 Å². The van der Waals surface area contributed by atoms with Gasteiger partial charge in [0, 0.05) is 39.4 Å². The fourth-order valence-electron chi connectivity index (χ4n) is 2.82. The zero-order chi connectivity index (χ0) is 17.4. The van der Waals surface area contributed by atoms with Gasteiger partial charge in [0.05, 0.1) is 11.9 Å². The summed E-state index contributed by atoms with van der Waals surface area (Å²) >= 11 is 0. The number of nitrogens with zero attached hydrogens (tertiary/aromatic N) is 5. The van der Waals surface area contributed by atoms with Gasteiger partial charge >= 0.3 is 0 Å². The predicted molar refractivity (Wildman–Crippen MR) is 113 cm³/mol. The van der Waals surface area contributed by atoms with Crippen molar-refractivity contribution in [2.24, 2.45) is 12.0 Å². The molecule has 0 bridgehead atoms. The van der Waals surface area contributed by atoms with Crippen LogP contribution in [0.4, 0.5) is 5.69 Å². The van der Waals surface area contributed by atoms with Gasteiger partial charge in [0.1, 0.15) is 6.54 Å². The molecular formula is C17H31IN6O. The SMILES string of the molecule is CCCCCCN=C(NCC)N1CCN(c2cnn(C)c2)C(=O)C1.I. The van der Waals surface area contributed by atoms with Crippen molar-refractivity contribution in [3.8, 4) is 0 Å². The molecule has 1 amide bonds. The standard InChI is InChI=1S/C17H30N6O.HI/c1-4-6-7-8-9-19-17(18-5-2)22-10-11-23(16(24)14-22)15-12-20-21(3)13-15;/h12-13H,4-11,14H2,1-3H3,(H,18,19);1H. The van der Waals surface area contributed by atoms with Gasteiger partial charge in [-0.15, -0.1) is 24.0 Å². The second-order valence-electron chi connectivity index (χ2n) is 6.14. The van der Waals surface area contributed by atoms with E-state index in [4.69, 9.17) is 0 Å². The number of rotatable bonds is 7. The summed E-state index contributed by atoms with van der Waals surface area (Å²) in [4.78, 5) is 21.0. The Morgan fingerprint density at radius 3 is 2.68 bits per heavy atom. The number of aromatic nitrogens is 2. The van der Waals surface area contributed by atoms with Crippen LogP contribution in [-0.4, -0.2) is 59.3 Å². The molecular weight excluding hydrogens is 431 g/mol. The molecule has 0 radical (unpaired) electrons. The fourth-order valence-corrected chi connectivity index (χ4v) is 2.82. The summed E-state index contributed by atoms with van der Waals surface area (Å²) in [6.07, 6.45) is 8.42. The molecule has 25 heavy (non-hydrogen) atoms. The van der Waals surface area contributed by atoms with Crippen LogP contribution in [0, 0.1) is 0 Å². The maximum atomic E-state index is 12.5. The molecule has 0 aliphatic carbocycles. The molecule has 1 N–H and O–H groups in total. The van der Waals surface area contributed by atoms with Crippen LogP contribution < -0.4 is 10.2 Å². The first kappa shape index (κ1) is 21.7. The van der Waals surface area contributed by atoms with Crippen LogP contribution in [-0.2, 0) is 11.8 Å². The number of carbonyl (C=O) groups excluding carboxylic acids is 1. The molecule has 1 saturated heterocycles. The van der Waals surface area contributed by atoms with E-state index in [1.165, 1.54) is 19.3 Å². The van der Waals surface area contributed by atoms with Crippen molar-refractivity contribution in [2.45, 2.75) is 39.5 Å². The van der Waals surface area contributed by atoms with Gasteiger partial charge in [0.15, 0.2) is 5.96 Å². The molecule has 2 heterocycles. The number of carbonyl (C=O) groups is 1. The number of halogens is 1. The third-order valence-corrected chi connectivity index (χ3v) is 4.13. The highest BCUT2D eigenvalue weighted by Crippen LogP contribution is 2.16. The van der Waals surface area contributed by atoms with Crippen LogP contribution in [0.15, 0.2) is 17.4 Å². The highest BCUT2D eigenvalue weighted by atomic mass is 127. The number of aryl methyl sites for hydroxylation is 1. The Hall–Kier alpha value is -1.32. The van der Waals surface area contributed by atoms with Crippen molar-refractivity contribution in [3.05, 3.63) is 12.4 Å². The summed E-state index contributed by atoms with van der Waals surface area (Å²) in [5.41, 5.74) is 0.864. The molecule has 0 atom stereocenters. The molecule has 0 aromatic carbocycles. The van der Waals surface area contributed by atoms with Crippen molar-refractivity contribution in [1.82, 2.24) is 20.0 Å². The molecule has 1 fully saturated rings. The summed E-state index contributed by atoms with van der Waals surface area (Å²) in [7, 11) is 1.86. The van der Waals surface area contributed by atoms with E-state index in [1.54, 1.807) is 15.8 Å². The number of nitrogens with one attached hydrogen (secondary N) is 1. The van der Waals surface area contributed by atoms with E-state index >= 15 is 0 Å². The number of unbranched alkanes of at least 4 members (excludes halogenated alkanes) is 3. The summed E-state index contributed by atoms with van der Waals surface area (Å²) in [5, 5.41) is 7.46. The minimum atomic E-state index is 0. The lowest BCUT2D eigenvalue weighted by molar-refractivity contribution is -0.120. The van der Waals surface area contributed by atoms with Gasteiger partial charge in [0.25, 0.3) is 0 Å². The van der Waals surface area contributed by atoms with Crippen LogP contribution >= 0.6 is 24.0 Å². The van der Waals surface area contributed by atoms with Crippen molar-refractivity contribution < 1.29 is 4.79 Å².